The first-order valence-electron chi connectivity index (χ1n) is 11.0. The lowest BCUT2D eigenvalue weighted by atomic mass is 9.86. The third-order valence-corrected chi connectivity index (χ3v) is 5.25. The molecule has 3 N–H and O–H groups in total. The molecule has 0 saturated carbocycles. The fourth-order valence-corrected chi connectivity index (χ4v) is 3.35. The van der Waals surface area contributed by atoms with Gasteiger partial charge in [-0.05, 0) is 72.5 Å². The number of carbonyl (C=O) groups is 2. The van der Waals surface area contributed by atoms with Crippen LogP contribution in [-0.4, -0.2) is 25.5 Å². The Kier molecular flexibility index (Phi) is 7.38. The quantitative estimate of drug-likeness (QED) is 0.421. The molecule has 0 spiro atoms. The van der Waals surface area contributed by atoms with E-state index in [0.717, 1.165) is 17.8 Å². The van der Waals surface area contributed by atoms with Crippen LogP contribution in [0.15, 0.2) is 66.7 Å². The van der Waals surface area contributed by atoms with Crippen LogP contribution in [0.25, 0.3) is 0 Å². The van der Waals surface area contributed by atoms with Crippen molar-refractivity contribution in [3.8, 4) is 5.75 Å². The van der Waals surface area contributed by atoms with Crippen molar-refractivity contribution in [1.82, 2.24) is 0 Å². The minimum atomic E-state index is -0.318. The van der Waals surface area contributed by atoms with Gasteiger partial charge in [-0.15, -0.1) is 0 Å². The Hall–Kier alpha value is -3.80. The SMILES string of the molecule is CCNc1ccc(C(=O)Nc2ccc(OC)cc2)c(NC(=O)c2ccc(C(C)(C)C)cc2)c1. The van der Waals surface area contributed by atoms with Gasteiger partial charge in [-0.2, -0.15) is 0 Å². The molecule has 0 aliphatic carbocycles. The van der Waals surface area contributed by atoms with Crippen molar-refractivity contribution in [3.05, 3.63) is 83.4 Å². The summed E-state index contributed by atoms with van der Waals surface area (Å²) < 4.78 is 5.16. The largest absolute Gasteiger partial charge is 0.497 e. The topological polar surface area (TPSA) is 79.5 Å². The minimum Gasteiger partial charge on any atom is -0.497 e. The van der Waals surface area contributed by atoms with Gasteiger partial charge in [0, 0.05) is 23.5 Å². The van der Waals surface area contributed by atoms with Crippen LogP contribution in [0.2, 0.25) is 0 Å². The second-order valence-corrected chi connectivity index (χ2v) is 8.75. The number of hydrogen-bond acceptors (Lipinski definition) is 4. The molecule has 0 bridgehead atoms. The molecule has 0 aliphatic rings. The van der Waals surface area contributed by atoms with Gasteiger partial charge in [0.15, 0.2) is 0 Å². The Bertz CT molecular complexity index is 1110. The third-order valence-electron chi connectivity index (χ3n) is 5.25. The van der Waals surface area contributed by atoms with Gasteiger partial charge in [-0.1, -0.05) is 32.9 Å². The summed E-state index contributed by atoms with van der Waals surface area (Å²) in [5.74, 6) is 0.109. The Morgan fingerprint density at radius 3 is 2.03 bits per heavy atom. The van der Waals surface area contributed by atoms with Crippen LogP contribution in [0, 0.1) is 0 Å². The molecule has 3 aromatic rings. The maximum atomic E-state index is 13.0. The van der Waals surface area contributed by atoms with Crippen molar-refractivity contribution in [3.63, 3.8) is 0 Å². The van der Waals surface area contributed by atoms with E-state index in [0.29, 0.717) is 28.3 Å². The molecule has 172 valence electrons. The van der Waals surface area contributed by atoms with Gasteiger partial charge in [0.2, 0.25) is 0 Å². The molecule has 6 heteroatoms. The molecule has 6 nitrogen and oxygen atoms in total. The number of nitrogens with one attached hydrogen (secondary N) is 3. The molecule has 0 heterocycles. The molecule has 3 aromatic carbocycles. The van der Waals surface area contributed by atoms with Crippen LogP contribution in [-0.2, 0) is 5.41 Å². The van der Waals surface area contributed by atoms with Crippen molar-refractivity contribution in [2.24, 2.45) is 0 Å². The summed E-state index contributed by atoms with van der Waals surface area (Å²) in [6, 6.07) is 19.9. The zero-order valence-corrected chi connectivity index (χ0v) is 19.8. The van der Waals surface area contributed by atoms with Crippen molar-refractivity contribution >= 4 is 28.9 Å². The first-order chi connectivity index (χ1) is 15.7. The van der Waals surface area contributed by atoms with E-state index in [1.807, 2.05) is 25.1 Å². The van der Waals surface area contributed by atoms with Crippen molar-refractivity contribution in [2.75, 3.05) is 29.6 Å². The van der Waals surface area contributed by atoms with E-state index in [2.05, 4.69) is 36.7 Å². The normalized spacial score (nSPS) is 10.9. The van der Waals surface area contributed by atoms with E-state index < -0.39 is 0 Å². The van der Waals surface area contributed by atoms with Crippen LogP contribution in [0.5, 0.6) is 5.75 Å². The first-order valence-corrected chi connectivity index (χ1v) is 11.0. The van der Waals surface area contributed by atoms with Crippen LogP contribution < -0.4 is 20.7 Å². The van der Waals surface area contributed by atoms with Crippen molar-refractivity contribution < 1.29 is 14.3 Å². The van der Waals surface area contributed by atoms with Gasteiger partial charge in [0.25, 0.3) is 11.8 Å². The van der Waals surface area contributed by atoms with Crippen LogP contribution in [0.4, 0.5) is 17.1 Å². The molecule has 3 rings (SSSR count). The summed E-state index contributed by atoms with van der Waals surface area (Å²) in [7, 11) is 1.59. The predicted octanol–water partition coefficient (Wildman–Crippen LogP) is 5.93. The lowest BCUT2D eigenvalue weighted by Crippen LogP contribution is -2.19. The highest BCUT2D eigenvalue weighted by Crippen LogP contribution is 2.25. The molecule has 2 amide bonds. The zero-order valence-electron chi connectivity index (χ0n) is 19.8. The van der Waals surface area contributed by atoms with Gasteiger partial charge in [-0.3, -0.25) is 9.59 Å². The number of hydrogen-bond donors (Lipinski definition) is 3. The number of benzene rings is 3. The highest BCUT2D eigenvalue weighted by Gasteiger charge is 2.17. The second kappa shape index (κ2) is 10.2. The number of anilines is 3. The maximum absolute atomic E-state index is 13.0. The number of ether oxygens (including phenoxy) is 1. The molecule has 0 atom stereocenters. The van der Waals surface area contributed by atoms with Gasteiger partial charge < -0.3 is 20.7 Å². The molecule has 0 saturated heterocycles. The van der Waals surface area contributed by atoms with Crippen molar-refractivity contribution in [1.29, 1.82) is 0 Å². The van der Waals surface area contributed by atoms with E-state index in [4.69, 9.17) is 4.74 Å². The Balaban J connectivity index is 1.85. The number of carbonyl (C=O) groups excluding carboxylic acids is 2. The lowest BCUT2D eigenvalue weighted by Gasteiger charge is -2.19. The summed E-state index contributed by atoms with van der Waals surface area (Å²) in [5.41, 5.74) is 3.92. The third kappa shape index (κ3) is 6.13. The zero-order chi connectivity index (χ0) is 24.0. The summed E-state index contributed by atoms with van der Waals surface area (Å²) in [6.07, 6.45) is 0. The minimum absolute atomic E-state index is 0.00186. The Morgan fingerprint density at radius 2 is 1.45 bits per heavy atom. The van der Waals surface area contributed by atoms with Gasteiger partial charge >= 0.3 is 0 Å². The van der Waals surface area contributed by atoms with E-state index in [9.17, 15) is 9.59 Å². The summed E-state index contributed by atoms with van der Waals surface area (Å²) >= 11 is 0. The maximum Gasteiger partial charge on any atom is 0.257 e. The second-order valence-electron chi connectivity index (χ2n) is 8.75. The van der Waals surface area contributed by atoms with E-state index in [-0.39, 0.29) is 17.2 Å². The fraction of sp³-hybridized carbons (Fsp3) is 0.259. The molecule has 0 radical (unpaired) electrons. The number of amides is 2. The molecule has 0 aromatic heterocycles. The van der Waals surface area contributed by atoms with Crippen LogP contribution >= 0.6 is 0 Å². The van der Waals surface area contributed by atoms with E-state index >= 15 is 0 Å². The molecular formula is C27H31N3O3. The lowest BCUT2D eigenvalue weighted by molar-refractivity contribution is 0.102. The molecule has 33 heavy (non-hydrogen) atoms. The predicted molar refractivity (Wildman–Crippen MR) is 135 cm³/mol. The summed E-state index contributed by atoms with van der Waals surface area (Å²) in [6.45, 7) is 9.09. The average Bonchev–Trinajstić information content (AvgIpc) is 2.79. The number of rotatable bonds is 7. The van der Waals surface area contributed by atoms with Crippen molar-refractivity contribution in [2.45, 2.75) is 33.1 Å². The van der Waals surface area contributed by atoms with E-state index in [1.54, 1.807) is 55.6 Å². The number of methoxy groups -OCH3 is 1. The molecule has 0 fully saturated rings. The first kappa shape index (κ1) is 23.9. The van der Waals surface area contributed by atoms with Gasteiger partial charge in [0.05, 0.1) is 18.4 Å². The molecule has 0 aliphatic heterocycles. The Morgan fingerprint density at radius 1 is 0.818 bits per heavy atom. The smallest absolute Gasteiger partial charge is 0.257 e. The summed E-state index contributed by atoms with van der Waals surface area (Å²) in [4.78, 5) is 26.0. The fourth-order valence-electron chi connectivity index (χ4n) is 3.35. The van der Waals surface area contributed by atoms with E-state index in [1.165, 1.54) is 0 Å². The monoisotopic (exact) mass is 445 g/mol. The van der Waals surface area contributed by atoms with Crippen LogP contribution in [0.3, 0.4) is 0 Å². The highest BCUT2D eigenvalue weighted by atomic mass is 16.5. The Labute approximate surface area is 195 Å². The molecule has 0 unspecified atom stereocenters. The van der Waals surface area contributed by atoms with Gasteiger partial charge in [0.1, 0.15) is 5.75 Å². The van der Waals surface area contributed by atoms with Gasteiger partial charge in [-0.25, -0.2) is 0 Å². The highest BCUT2D eigenvalue weighted by molar-refractivity contribution is 6.13. The van der Waals surface area contributed by atoms with Crippen LogP contribution in [0.1, 0.15) is 54.0 Å². The standard InChI is InChI=1S/C27H31N3O3/c1-6-28-21-13-16-23(26(32)29-20-11-14-22(33-5)15-12-20)24(17-21)30-25(31)18-7-9-19(10-8-18)27(2,3)4/h7-17,28H,6H2,1-5H3,(H,29,32)(H,30,31). The molecular weight excluding hydrogens is 414 g/mol. The summed E-state index contributed by atoms with van der Waals surface area (Å²) in [5, 5.41) is 9.00. The average molecular weight is 446 g/mol.